The summed E-state index contributed by atoms with van der Waals surface area (Å²) in [6.07, 6.45) is 1.89. The lowest BCUT2D eigenvalue weighted by Crippen LogP contribution is -2.04. The summed E-state index contributed by atoms with van der Waals surface area (Å²) < 4.78 is -1.07. The van der Waals surface area contributed by atoms with E-state index in [2.05, 4.69) is 0 Å². The second kappa shape index (κ2) is 3.29. The zero-order valence-corrected chi connectivity index (χ0v) is 6.83. The zero-order valence-electron chi connectivity index (χ0n) is 3.75. The maximum Gasteiger partial charge on any atom is 0.199 e. The Labute approximate surface area is 62.5 Å². The van der Waals surface area contributed by atoms with Crippen molar-refractivity contribution in [3.05, 3.63) is 0 Å². The van der Waals surface area contributed by atoms with E-state index in [4.69, 9.17) is 34.8 Å². The fourth-order valence-corrected chi connectivity index (χ4v) is 1.47. The molecule has 0 aromatic carbocycles. The highest BCUT2D eigenvalue weighted by atomic mass is 35.6. The quantitative estimate of drug-likeness (QED) is 0.558. The molecule has 0 amide bonds. The molecule has 0 heterocycles. The van der Waals surface area contributed by atoms with Crippen molar-refractivity contribution in [2.45, 2.75) is 3.79 Å². The highest BCUT2D eigenvalue weighted by Gasteiger charge is 2.17. The van der Waals surface area contributed by atoms with Crippen LogP contribution in [0, 0.1) is 0 Å². The number of hydrogen-bond donors (Lipinski definition) is 0. The van der Waals surface area contributed by atoms with Crippen molar-refractivity contribution in [3.63, 3.8) is 0 Å². The fourth-order valence-electron chi connectivity index (χ4n) is 0.164. The Morgan fingerprint density at radius 3 is 1.86 bits per heavy atom. The normalized spacial score (nSPS) is 12.0. The van der Waals surface area contributed by atoms with Crippen molar-refractivity contribution in [1.82, 2.24) is 0 Å². The van der Waals surface area contributed by atoms with Crippen LogP contribution in [0.15, 0.2) is 0 Å². The third-order valence-corrected chi connectivity index (χ3v) is 1.91. The van der Waals surface area contributed by atoms with Crippen molar-refractivity contribution >= 4 is 46.6 Å². The molecule has 0 aliphatic carbocycles. The van der Waals surface area contributed by atoms with Gasteiger partial charge in [-0.3, -0.25) is 0 Å². The van der Waals surface area contributed by atoms with E-state index in [-0.39, 0.29) is 0 Å². The summed E-state index contributed by atoms with van der Waals surface area (Å²) in [7, 11) is 0. The lowest BCUT2D eigenvalue weighted by atomic mass is 10.9. The Morgan fingerprint density at radius 2 is 1.86 bits per heavy atom. The lowest BCUT2D eigenvalue weighted by Gasteiger charge is -2.05. The van der Waals surface area contributed by atoms with Crippen LogP contribution in [0.5, 0.6) is 0 Å². The topological polar surface area (TPSA) is 0 Å². The number of thioether (sulfide) groups is 1. The molecular formula is C3H5Cl3S. The summed E-state index contributed by atoms with van der Waals surface area (Å²) >= 11 is 17.5. The van der Waals surface area contributed by atoms with Crippen LogP contribution in [0.25, 0.3) is 0 Å². The van der Waals surface area contributed by atoms with Crippen LogP contribution < -0.4 is 0 Å². The molecule has 0 N–H and O–H groups in total. The Balaban J connectivity index is 3.15. The molecule has 0 aliphatic rings. The first-order chi connectivity index (χ1) is 3.06. The van der Waals surface area contributed by atoms with Crippen LogP contribution in [0.2, 0.25) is 0 Å². The monoisotopic (exact) mass is 178 g/mol. The highest BCUT2D eigenvalue weighted by Crippen LogP contribution is 2.28. The molecule has 0 aromatic rings. The standard InChI is InChI=1S/C3H5Cl3S/c1-7-2-3(4,5)6/h2H2,1H3. The molecule has 0 radical (unpaired) electrons. The summed E-state index contributed by atoms with van der Waals surface area (Å²) in [6, 6.07) is 0. The first-order valence-corrected chi connectivity index (χ1v) is 4.15. The van der Waals surface area contributed by atoms with Crippen molar-refractivity contribution in [2.75, 3.05) is 12.0 Å². The van der Waals surface area contributed by atoms with Gasteiger partial charge in [0.2, 0.25) is 0 Å². The molecule has 0 nitrogen and oxygen atoms in total. The zero-order chi connectivity index (χ0) is 5.91. The van der Waals surface area contributed by atoms with Gasteiger partial charge in [0.05, 0.1) is 0 Å². The number of hydrogen-bond acceptors (Lipinski definition) is 1. The molecule has 0 atom stereocenters. The van der Waals surface area contributed by atoms with Gasteiger partial charge >= 0.3 is 0 Å². The minimum Gasteiger partial charge on any atom is -0.161 e. The molecule has 0 bridgehead atoms. The predicted octanol–water partition coefficient (Wildman–Crippen LogP) is 2.72. The van der Waals surface area contributed by atoms with Gasteiger partial charge in [-0.1, -0.05) is 34.8 Å². The van der Waals surface area contributed by atoms with Gasteiger partial charge in [0, 0.05) is 5.75 Å². The first kappa shape index (κ1) is 8.22. The molecule has 0 unspecified atom stereocenters. The second-order valence-corrected chi connectivity index (χ2v) is 4.43. The van der Waals surface area contributed by atoms with Crippen LogP contribution in [0.4, 0.5) is 0 Å². The van der Waals surface area contributed by atoms with Gasteiger partial charge in [0.25, 0.3) is 0 Å². The molecule has 44 valence electrons. The van der Waals surface area contributed by atoms with Crippen molar-refractivity contribution < 1.29 is 0 Å². The highest BCUT2D eigenvalue weighted by molar-refractivity contribution is 7.98. The van der Waals surface area contributed by atoms with E-state index in [1.54, 1.807) is 0 Å². The van der Waals surface area contributed by atoms with Crippen molar-refractivity contribution in [3.8, 4) is 0 Å². The van der Waals surface area contributed by atoms with E-state index >= 15 is 0 Å². The van der Waals surface area contributed by atoms with E-state index in [0.29, 0.717) is 5.75 Å². The first-order valence-electron chi connectivity index (χ1n) is 1.62. The van der Waals surface area contributed by atoms with Crippen LogP contribution in [0.3, 0.4) is 0 Å². The second-order valence-electron chi connectivity index (χ2n) is 1.05. The van der Waals surface area contributed by atoms with Crippen LogP contribution in [0.1, 0.15) is 0 Å². The van der Waals surface area contributed by atoms with Crippen LogP contribution in [-0.2, 0) is 0 Å². The van der Waals surface area contributed by atoms with E-state index in [0.717, 1.165) is 0 Å². The van der Waals surface area contributed by atoms with Crippen LogP contribution >= 0.6 is 46.6 Å². The molecule has 7 heavy (non-hydrogen) atoms. The summed E-state index contributed by atoms with van der Waals surface area (Å²) in [6.45, 7) is 0. The van der Waals surface area contributed by atoms with E-state index in [1.165, 1.54) is 11.8 Å². The van der Waals surface area contributed by atoms with Gasteiger partial charge in [-0.05, 0) is 6.26 Å². The van der Waals surface area contributed by atoms with Gasteiger partial charge in [0.15, 0.2) is 3.79 Å². The maximum atomic E-state index is 5.34. The molecule has 0 saturated heterocycles. The largest absolute Gasteiger partial charge is 0.199 e. The van der Waals surface area contributed by atoms with Crippen molar-refractivity contribution in [2.24, 2.45) is 0 Å². The average molecular weight is 179 g/mol. The molecule has 0 spiro atoms. The average Bonchev–Trinajstić information content (AvgIpc) is 1.30. The van der Waals surface area contributed by atoms with E-state index < -0.39 is 3.79 Å². The Morgan fingerprint density at radius 1 is 1.43 bits per heavy atom. The summed E-state index contributed by atoms with van der Waals surface area (Å²) in [4.78, 5) is 0. The Kier molecular flexibility index (Phi) is 3.86. The van der Waals surface area contributed by atoms with Crippen LogP contribution in [-0.4, -0.2) is 15.8 Å². The Hall–Kier alpha value is 1.22. The maximum absolute atomic E-state index is 5.34. The minimum absolute atomic E-state index is 0.553. The van der Waals surface area contributed by atoms with Gasteiger partial charge < -0.3 is 0 Å². The third kappa shape index (κ3) is 7.22. The van der Waals surface area contributed by atoms with Gasteiger partial charge in [-0.15, -0.1) is 0 Å². The summed E-state index contributed by atoms with van der Waals surface area (Å²) in [5.41, 5.74) is 0. The Bertz CT molecular complexity index is 48.6. The smallest absolute Gasteiger partial charge is 0.161 e. The summed E-state index contributed by atoms with van der Waals surface area (Å²) in [5.74, 6) is 0.553. The van der Waals surface area contributed by atoms with E-state index in [9.17, 15) is 0 Å². The fraction of sp³-hybridized carbons (Fsp3) is 1.00. The number of alkyl halides is 3. The molecule has 0 aromatic heterocycles. The molecule has 4 heteroatoms. The molecule has 0 rings (SSSR count). The molecule has 0 aliphatic heterocycles. The summed E-state index contributed by atoms with van der Waals surface area (Å²) in [5, 5.41) is 0. The van der Waals surface area contributed by atoms with Gasteiger partial charge in [-0.25, -0.2) is 0 Å². The minimum atomic E-state index is -1.07. The lowest BCUT2D eigenvalue weighted by molar-refractivity contribution is 1.29. The molecule has 0 fully saturated rings. The third-order valence-electron chi connectivity index (χ3n) is 0.308. The van der Waals surface area contributed by atoms with E-state index in [1.807, 2.05) is 6.26 Å². The SMILES string of the molecule is CSCC(Cl)(Cl)Cl. The molecular weight excluding hydrogens is 174 g/mol. The van der Waals surface area contributed by atoms with Gasteiger partial charge in [-0.2, -0.15) is 11.8 Å². The van der Waals surface area contributed by atoms with Gasteiger partial charge in [0.1, 0.15) is 0 Å². The predicted molar refractivity (Wildman–Crippen MR) is 38.7 cm³/mol. The van der Waals surface area contributed by atoms with Crippen molar-refractivity contribution in [1.29, 1.82) is 0 Å². The number of rotatable bonds is 1. The number of halogens is 3. The molecule has 0 saturated carbocycles.